The molecule has 0 unspecified atom stereocenters. The van der Waals surface area contributed by atoms with Gasteiger partial charge < -0.3 is 19.9 Å². The van der Waals surface area contributed by atoms with Crippen molar-refractivity contribution < 1.29 is 22.7 Å². The largest absolute Gasteiger partial charge is 0.485 e. The lowest BCUT2D eigenvalue weighted by Gasteiger charge is -2.41. The summed E-state index contributed by atoms with van der Waals surface area (Å²) in [6.07, 6.45) is 4.04. The Morgan fingerprint density at radius 2 is 1.72 bits per heavy atom. The molecule has 0 atom stereocenters. The van der Waals surface area contributed by atoms with E-state index >= 15 is 0 Å². The first-order valence-corrected chi connectivity index (χ1v) is 15.3. The molecule has 2 aliphatic heterocycles. The van der Waals surface area contributed by atoms with Gasteiger partial charge in [-0.05, 0) is 54.3 Å². The van der Waals surface area contributed by atoms with Crippen molar-refractivity contribution in [3.63, 3.8) is 0 Å². The number of nitrogens with one attached hydrogen (secondary N) is 1. The highest BCUT2D eigenvalue weighted by atomic mass is 19.4. The van der Waals surface area contributed by atoms with Crippen molar-refractivity contribution in [2.24, 2.45) is 5.92 Å². The lowest BCUT2D eigenvalue weighted by Crippen LogP contribution is -2.49. The summed E-state index contributed by atoms with van der Waals surface area (Å²) >= 11 is 0. The highest BCUT2D eigenvalue weighted by Gasteiger charge is 2.40. The minimum Gasteiger partial charge on any atom is -0.485 e. The number of ether oxygens (including phenoxy) is 1. The first-order chi connectivity index (χ1) is 20.8. The average molecular weight is 594 g/mol. The van der Waals surface area contributed by atoms with Crippen LogP contribution in [0.4, 0.5) is 24.7 Å². The SMILES string of the molecule is O=C(NCCC1CCCC1)c1ccc(N2CCC3(CC2)CCN(Cc2cccc(C(F)(F)F)c2)c2ccccc2O3)nn1. The standard InChI is InChI=1S/C33H38F3N5O2/c34-33(35,36)26-9-5-8-25(22-26)23-41-21-17-32(43-29-11-4-3-10-28(29)41)15-19-40(20-16-32)30-13-12-27(38-39-30)31(42)37-18-14-24-6-1-2-7-24/h3-5,8-13,22,24H,1-2,6-7,14-21,23H2,(H,37,42). The Hall–Kier alpha value is -3.82. The Morgan fingerprint density at radius 3 is 2.47 bits per heavy atom. The molecule has 1 saturated carbocycles. The molecule has 7 nitrogen and oxygen atoms in total. The van der Waals surface area contributed by atoms with Crippen LogP contribution < -0.4 is 19.9 Å². The number of hydrogen-bond donors (Lipinski definition) is 1. The van der Waals surface area contributed by atoms with E-state index in [1.165, 1.54) is 37.8 Å². The molecule has 0 bridgehead atoms. The molecule has 1 spiro atoms. The highest BCUT2D eigenvalue weighted by Crippen LogP contribution is 2.41. The van der Waals surface area contributed by atoms with Gasteiger partial charge in [-0.15, -0.1) is 10.2 Å². The molecule has 228 valence electrons. The molecular formula is C33H38F3N5O2. The summed E-state index contributed by atoms with van der Waals surface area (Å²) in [5, 5.41) is 11.6. The van der Waals surface area contributed by atoms with Gasteiger partial charge in [0.2, 0.25) is 0 Å². The third-order valence-corrected chi connectivity index (χ3v) is 9.19. The van der Waals surface area contributed by atoms with E-state index in [1.807, 2.05) is 30.3 Å². The minimum absolute atomic E-state index is 0.185. The molecule has 6 rings (SSSR count). The molecule has 10 heteroatoms. The number of hydrogen-bond acceptors (Lipinski definition) is 6. The van der Waals surface area contributed by atoms with Crippen LogP contribution in [0.5, 0.6) is 5.75 Å². The fraction of sp³-hybridized carbons (Fsp3) is 0.485. The van der Waals surface area contributed by atoms with Gasteiger partial charge in [-0.3, -0.25) is 4.79 Å². The van der Waals surface area contributed by atoms with E-state index in [0.29, 0.717) is 30.9 Å². The van der Waals surface area contributed by atoms with Crippen molar-refractivity contribution in [1.29, 1.82) is 0 Å². The van der Waals surface area contributed by atoms with Gasteiger partial charge in [-0.25, -0.2) is 0 Å². The molecule has 1 saturated heterocycles. The molecular weight excluding hydrogens is 555 g/mol. The van der Waals surface area contributed by atoms with Gasteiger partial charge in [0.05, 0.1) is 11.3 Å². The van der Waals surface area contributed by atoms with Crippen LogP contribution in [0.25, 0.3) is 0 Å². The summed E-state index contributed by atoms with van der Waals surface area (Å²) in [7, 11) is 0. The summed E-state index contributed by atoms with van der Waals surface area (Å²) in [6, 6.07) is 16.9. The number of halogens is 3. The number of carbonyl (C=O) groups is 1. The lowest BCUT2D eigenvalue weighted by molar-refractivity contribution is -0.137. The second kappa shape index (κ2) is 12.4. The smallest absolute Gasteiger partial charge is 0.416 e. The van der Waals surface area contributed by atoms with Gasteiger partial charge in [0.25, 0.3) is 5.91 Å². The van der Waals surface area contributed by atoms with Crippen LogP contribution in [0.2, 0.25) is 0 Å². The van der Waals surface area contributed by atoms with E-state index in [9.17, 15) is 18.0 Å². The fourth-order valence-corrected chi connectivity index (χ4v) is 6.67. The molecule has 1 N–H and O–H groups in total. The van der Waals surface area contributed by atoms with Gasteiger partial charge in [0.1, 0.15) is 11.4 Å². The molecule has 1 amide bonds. The van der Waals surface area contributed by atoms with Crippen LogP contribution in [-0.2, 0) is 12.7 Å². The topological polar surface area (TPSA) is 70.6 Å². The predicted molar refractivity (Wildman–Crippen MR) is 159 cm³/mol. The van der Waals surface area contributed by atoms with Crippen molar-refractivity contribution in [1.82, 2.24) is 15.5 Å². The average Bonchev–Trinajstić information content (AvgIpc) is 3.48. The fourth-order valence-electron chi connectivity index (χ4n) is 6.67. The Kier molecular flexibility index (Phi) is 8.45. The molecule has 43 heavy (non-hydrogen) atoms. The van der Waals surface area contributed by atoms with Crippen LogP contribution in [0.3, 0.4) is 0 Å². The predicted octanol–water partition coefficient (Wildman–Crippen LogP) is 6.63. The van der Waals surface area contributed by atoms with E-state index in [0.717, 1.165) is 68.0 Å². The molecule has 3 aromatic rings. The number of para-hydroxylation sites is 2. The van der Waals surface area contributed by atoms with E-state index < -0.39 is 11.7 Å². The Bertz CT molecular complexity index is 1400. The number of piperidine rings is 1. The number of aromatic nitrogens is 2. The van der Waals surface area contributed by atoms with Gasteiger partial charge in [-0.1, -0.05) is 49.9 Å². The van der Waals surface area contributed by atoms with E-state index in [1.54, 1.807) is 12.1 Å². The number of nitrogens with zero attached hydrogens (tertiary/aromatic N) is 4. The number of rotatable bonds is 7. The molecule has 3 aliphatic rings. The summed E-state index contributed by atoms with van der Waals surface area (Å²) in [5.41, 5.74) is 0.807. The summed E-state index contributed by atoms with van der Waals surface area (Å²) in [5.74, 6) is 2.02. The zero-order chi connectivity index (χ0) is 29.9. The van der Waals surface area contributed by atoms with Crippen LogP contribution in [0.1, 0.15) is 73.0 Å². The van der Waals surface area contributed by atoms with Crippen LogP contribution in [0.15, 0.2) is 60.7 Å². The molecule has 3 heterocycles. The summed E-state index contributed by atoms with van der Waals surface area (Å²) in [4.78, 5) is 16.8. The second-order valence-corrected chi connectivity index (χ2v) is 12.1. The normalized spacial score (nSPS) is 18.7. The van der Waals surface area contributed by atoms with Gasteiger partial charge in [0, 0.05) is 52.0 Å². The highest BCUT2D eigenvalue weighted by molar-refractivity contribution is 5.92. The molecule has 2 aromatic carbocycles. The zero-order valence-electron chi connectivity index (χ0n) is 24.3. The van der Waals surface area contributed by atoms with Crippen LogP contribution >= 0.6 is 0 Å². The Balaban J connectivity index is 1.07. The second-order valence-electron chi connectivity index (χ2n) is 12.1. The van der Waals surface area contributed by atoms with Gasteiger partial charge in [0.15, 0.2) is 11.5 Å². The van der Waals surface area contributed by atoms with Gasteiger partial charge in [-0.2, -0.15) is 13.2 Å². The molecule has 1 aliphatic carbocycles. The summed E-state index contributed by atoms with van der Waals surface area (Å²) in [6.45, 7) is 3.14. The van der Waals surface area contributed by atoms with Crippen LogP contribution in [-0.4, -0.2) is 47.9 Å². The number of fused-ring (bicyclic) bond motifs is 1. The Morgan fingerprint density at radius 1 is 0.953 bits per heavy atom. The minimum atomic E-state index is -4.38. The Labute approximate surface area is 250 Å². The number of alkyl halides is 3. The monoisotopic (exact) mass is 593 g/mol. The number of amides is 1. The first kappa shape index (κ1) is 29.3. The maximum absolute atomic E-state index is 13.3. The zero-order valence-corrected chi connectivity index (χ0v) is 24.3. The van der Waals surface area contributed by atoms with E-state index in [4.69, 9.17) is 4.74 Å². The molecule has 1 aromatic heterocycles. The third kappa shape index (κ3) is 6.89. The van der Waals surface area contributed by atoms with Crippen LogP contribution in [0, 0.1) is 5.92 Å². The first-order valence-electron chi connectivity index (χ1n) is 15.3. The third-order valence-electron chi connectivity index (χ3n) is 9.19. The van der Waals surface area contributed by atoms with Crippen molar-refractivity contribution in [3.05, 3.63) is 77.5 Å². The molecule has 0 radical (unpaired) electrons. The number of carbonyl (C=O) groups excluding carboxylic acids is 1. The quantitative estimate of drug-likeness (QED) is 0.332. The number of anilines is 2. The van der Waals surface area contributed by atoms with E-state index in [-0.39, 0.29) is 11.5 Å². The molecule has 2 fully saturated rings. The van der Waals surface area contributed by atoms with Crippen molar-refractivity contribution in [3.8, 4) is 5.75 Å². The van der Waals surface area contributed by atoms with Crippen molar-refractivity contribution in [2.45, 2.75) is 69.7 Å². The maximum atomic E-state index is 13.3. The number of benzene rings is 2. The van der Waals surface area contributed by atoms with Crippen molar-refractivity contribution in [2.75, 3.05) is 36.0 Å². The van der Waals surface area contributed by atoms with E-state index in [2.05, 4.69) is 25.3 Å². The lowest BCUT2D eigenvalue weighted by atomic mass is 9.87. The van der Waals surface area contributed by atoms with Crippen molar-refractivity contribution >= 4 is 17.4 Å². The maximum Gasteiger partial charge on any atom is 0.416 e. The summed E-state index contributed by atoms with van der Waals surface area (Å²) < 4.78 is 46.7. The van der Waals surface area contributed by atoms with Gasteiger partial charge >= 0.3 is 6.18 Å².